The predicted molar refractivity (Wildman–Crippen MR) is 112 cm³/mol. The largest absolute Gasteiger partial charge is 0.478 e. The summed E-state index contributed by atoms with van der Waals surface area (Å²) in [6, 6.07) is 8.82. The zero-order valence-electron chi connectivity index (χ0n) is 16.3. The summed E-state index contributed by atoms with van der Waals surface area (Å²) in [5, 5.41) is 9.32. The first-order valence-corrected chi connectivity index (χ1v) is 10.9. The van der Waals surface area contributed by atoms with E-state index in [1.807, 2.05) is 6.07 Å². The van der Waals surface area contributed by atoms with Gasteiger partial charge in [0.15, 0.2) is 0 Å². The Kier molecular flexibility index (Phi) is 5.86. The van der Waals surface area contributed by atoms with Gasteiger partial charge in [-0.2, -0.15) is 13.2 Å². The summed E-state index contributed by atoms with van der Waals surface area (Å²) in [5.74, 6) is -0.632. The van der Waals surface area contributed by atoms with Crippen molar-refractivity contribution < 1.29 is 23.1 Å². The lowest BCUT2D eigenvalue weighted by Crippen LogP contribution is -2.30. The van der Waals surface area contributed by atoms with Gasteiger partial charge in [0.05, 0.1) is 22.5 Å². The average molecular weight is 436 g/mol. The Hall–Kier alpha value is -2.35. The van der Waals surface area contributed by atoms with Crippen molar-refractivity contribution in [2.24, 2.45) is 0 Å². The molecular weight excluding hydrogens is 413 g/mol. The number of hydrogen-bond acceptors (Lipinski definition) is 4. The predicted octanol–water partition coefficient (Wildman–Crippen LogP) is 6.39. The monoisotopic (exact) mass is 436 g/mol. The van der Waals surface area contributed by atoms with Crippen molar-refractivity contribution in [2.45, 2.75) is 49.1 Å². The van der Waals surface area contributed by atoms with Gasteiger partial charge in [0.25, 0.3) is 0 Å². The molecule has 0 aromatic heterocycles. The summed E-state index contributed by atoms with van der Waals surface area (Å²) in [5.41, 5.74) is 1.66. The molecule has 2 aliphatic rings. The van der Waals surface area contributed by atoms with Gasteiger partial charge in [-0.3, -0.25) is 0 Å². The fraction of sp³-hybridized carbons (Fsp3) is 0.409. The van der Waals surface area contributed by atoms with Crippen molar-refractivity contribution >= 4 is 29.3 Å². The number of anilines is 2. The van der Waals surface area contributed by atoms with Crippen LogP contribution in [0.2, 0.25) is 0 Å². The van der Waals surface area contributed by atoms with Crippen LogP contribution in [0.3, 0.4) is 0 Å². The van der Waals surface area contributed by atoms with Crippen molar-refractivity contribution in [1.29, 1.82) is 0 Å². The van der Waals surface area contributed by atoms with E-state index in [1.165, 1.54) is 18.0 Å². The molecule has 0 bridgehead atoms. The van der Waals surface area contributed by atoms with E-state index >= 15 is 0 Å². The van der Waals surface area contributed by atoms with Crippen LogP contribution in [0.4, 0.5) is 24.5 Å². The minimum Gasteiger partial charge on any atom is -0.478 e. The van der Waals surface area contributed by atoms with Gasteiger partial charge < -0.3 is 14.7 Å². The maximum atomic E-state index is 13.3. The number of carboxylic acid groups (broad SMARTS) is 1. The van der Waals surface area contributed by atoms with Gasteiger partial charge in [0.1, 0.15) is 0 Å². The number of hydrogen-bond donors (Lipinski definition) is 2. The molecule has 2 aromatic carbocycles. The Morgan fingerprint density at radius 3 is 2.43 bits per heavy atom. The first kappa shape index (κ1) is 20.9. The van der Waals surface area contributed by atoms with Gasteiger partial charge in [-0.15, -0.1) is 0 Å². The fourth-order valence-electron chi connectivity index (χ4n) is 3.80. The number of carboxylic acids is 1. The second-order valence-corrected chi connectivity index (χ2v) is 8.66. The summed E-state index contributed by atoms with van der Waals surface area (Å²) in [6.45, 7) is 1.62. The zero-order chi connectivity index (χ0) is 21.3. The molecule has 4 rings (SSSR count). The zero-order valence-corrected chi connectivity index (χ0v) is 17.2. The number of piperidine rings is 1. The van der Waals surface area contributed by atoms with E-state index in [2.05, 4.69) is 9.62 Å². The third-order valence-electron chi connectivity index (χ3n) is 5.57. The molecule has 0 radical (unpaired) electrons. The van der Waals surface area contributed by atoms with Crippen molar-refractivity contribution in [3.8, 4) is 0 Å². The molecule has 160 valence electrons. The maximum Gasteiger partial charge on any atom is 0.416 e. The number of nitrogens with zero attached hydrogens (tertiary/aromatic N) is 1. The maximum absolute atomic E-state index is 13.3. The van der Waals surface area contributed by atoms with Crippen molar-refractivity contribution in [1.82, 2.24) is 0 Å². The minimum absolute atomic E-state index is 0.170. The SMILES string of the molecule is O=C(O)c1ccc(C2CC2)c(SNc2cc(C(F)(F)F)ccc2N2CCCCC2)c1. The molecule has 2 fully saturated rings. The van der Waals surface area contributed by atoms with Gasteiger partial charge in [-0.25, -0.2) is 4.79 Å². The molecule has 1 saturated carbocycles. The molecule has 0 unspecified atom stereocenters. The molecule has 1 aliphatic carbocycles. The fourth-order valence-corrected chi connectivity index (χ4v) is 4.72. The van der Waals surface area contributed by atoms with Crippen LogP contribution >= 0.6 is 11.9 Å². The molecule has 1 aliphatic heterocycles. The Morgan fingerprint density at radius 1 is 1.07 bits per heavy atom. The molecular formula is C22H23F3N2O2S. The highest BCUT2D eigenvalue weighted by molar-refractivity contribution is 8.00. The highest BCUT2D eigenvalue weighted by Gasteiger charge is 2.32. The Bertz CT molecular complexity index is 938. The van der Waals surface area contributed by atoms with Gasteiger partial charge in [-0.05, 0) is 85.9 Å². The quantitative estimate of drug-likeness (QED) is 0.514. The van der Waals surface area contributed by atoms with E-state index in [0.29, 0.717) is 11.6 Å². The van der Waals surface area contributed by atoms with Crippen molar-refractivity contribution in [2.75, 3.05) is 22.7 Å². The molecule has 2 N–H and O–H groups in total. The molecule has 4 nitrogen and oxygen atoms in total. The van der Waals surface area contributed by atoms with E-state index in [-0.39, 0.29) is 5.56 Å². The number of aromatic carboxylic acids is 1. The Morgan fingerprint density at radius 2 is 1.80 bits per heavy atom. The first-order valence-electron chi connectivity index (χ1n) is 10.1. The van der Waals surface area contributed by atoms with Crippen LogP contribution in [0.5, 0.6) is 0 Å². The van der Waals surface area contributed by atoms with Crippen LogP contribution in [0.15, 0.2) is 41.3 Å². The van der Waals surface area contributed by atoms with Crippen LogP contribution in [-0.4, -0.2) is 24.2 Å². The summed E-state index contributed by atoms with van der Waals surface area (Å²) in [6.07, 6.45) is 0.816. The van der Waals surface area contributed by atoms with Crippen molar-refractivity contribution in [3.05, 3.63) is 53.1 Å². The number of benzene rings is 2. The number of rotatable bonds is 6. The highest BCUT2D eigenvalue weighted by atomic mass is 32.2. The van der Waals surface area contributed by atoms with Crippen LogP contribution in [-0.2, 0) is 6.18 Å². The second kappa shape index (κ2) is 8.41. The molecule has 0 amide bonds. The van der Waals surface area contributed by atoms with Gasteiger partial charge in [0, 0.05) is 18.0 Å². The van der Waals surface area contributed by atoms with Crippen LogP contribution in [0.1, 0.15) is 59.5 Å². The molecule has 0 spiro atoms. The van der Waals surface area contributed by atoms with E-state index in [9.17, 15) is 23.1 Å². The van der Waals surface area contributed by atoms with E-state index < -0.39 is 17.7 Å². The molecule has 0 atom stereocenters. The van der Waals surface area contributed by atoms with Crippen LogP contribution in [0, 0.1) is 0 Å². The highest BCUT2D eigenvalue weighted by Crippen LogP contribution is 2.45. The lowest BCUT2D eigenvalue weighted by atomic mass is 10.1. The Balaban J connectivity index is 1.64. The average Bonchev–Trinajstić information content (AvgIpc) is 3.57. The number of alkyl halides is 3. The summed E-state index contributed by atoms with van der Waals surface area (Å²) in [7, 11) is 0. The standard InChI is InChI=1S/C22H23F3N2O2S/c23-22(24,25)16-7-9-19(27-10-2-1-3-11-27)18(13-16)26-30-20-12-15(21(28)29)6-8-17(20)14-4-5-14/h6-9,12-14,26H,1-5,10-11H2,(H,28,29). The topological polar surface area (TPSA) is 52.6 Å². The lowest BCUT2D eigenvalue weighted by molar-refractivity contribution is -0.137. The van der Waals surface area contributed by atoms with E-state index in [4.69, 9.17) is 0 Å². The van der Waals surface area contributed by atoms with Crippen LogP contribution in [0.25, 0.3) is 0 Å². The van der Waals surface area contributed by atoms with Gasteiger partial charge in [0.2, 0.25) is 0 Å². The van der Waals surface area contributed by atoms with Gasteiger partial charge >= 0.3 is 12.1 Å². The third-order valence-corrected chi connectivity index (χ3v) is 6.46. The normalized spacial score (nSPS) is 17.1. The number of carbonyl (C=O) groups is 1. The Labute approximate surface area is 177 Å². The van der Waals surface area contributed by atoms with E-state index in [1.54, 1.807) is 12.1 Å². The summed E-state index contributed by atoms with van der Waals surface area (Å²) >= 11 is 1.19. The molecule has 2 aromatic rings. The number of halogens is 3. The molecule has 8 heteroatoms. The molecule has 1 saturated heterocycles. The number of nitrogens with one attached hydrogen (secondary N) is 1. The molecule has 30 heavy (non-hydrogen) atoms. The summed E-state index contributed by atoms with van der Waals surface area (Å²) < 4.78 is 43.0. The minimum atomic E-state index is -4.43. The third kappa shape index (κ3) is 4.69. The van der Waals surface area contributed by atoms with E-state index in [0.717, 1.165) is 73.5 Å². The van der Waals surface area contributed by atoms with Crippen LogP contribution < -0.4 is 9.62 Å². The smallest absolute Gasteiger partial charge is 0.416 e. The second-order valence-electron chi connectivity index (χ2n) is 7.81. The van der Waals surface area contributed by atoms with Crippen molar-refractivity contribution in [3.63, 3.8) is 0 Å². The summed E-state index contributed by atoms with van der Waals surface area (Å²) in [4.78, 5) is 14.2. The molecule has 1 heterocycles. The first-order chi connectivity index (χ1) is 14.3. The lowest BCUT2D eigenvalue weighted by Gasteiger charge is -2.31. The van der Waals surface area contributed by atoms with Gasteiger partial charge in [-0.1, -0.05) is 6.07 Å².